The van der Waals surface area contributed by atoms with Crippen molar-refractivity contribution < 1.29 is 19.0 Å². The fourth-order valence-electron chi connectivity index (χ4n) is 1.81. The third kappa shape index (κ3) is 2.34. The SMILES string of the molecule is COC(=O)[C@@H]1NCCOc2cc(OC)ccc21. The van der Waals surface area contributed by atoms with Gasteiger partial charge in [0.2, 0.25) is 0 Å². The van der Waals surface area contributed by atoms with Gasteiger partial charge < -0.3 is 14.2 Å². The largest absolute Gasteiger partial charge is 0.497 e. The second-order valence-electron chi connectivity index (χ2n) is 3.66. The van der Waals surface area contributed by atoms with Crippen LogP contribution in [-0.2, 0) is 9.53 Å². The summed E-state index contributed by atoms with van der Waals surface area (Å²) in [5.74, 6) is 1.04. The van der Waals surface area contributed by atoms with Crippen molar-refractivity contribution in [1.82, 2.24) is 5.32 Å². The lowest BCUT2D eigenvalue weighted by atomic mass is 10.1. The quantitative estimate of drug-likeness (QED) is 0.774. The second kappa shape index (κ2) is 5.05. The van der Waals surface area contributed by atoms with Gasteiger partial charge in [-0.15, -0.1) is 0 Å². The van der Waals surface area contributed by atoms with Crippen LogP contribution in [0.1, 0.15) is 11.6 Å². The zero-order chi connectivity index (χ0) is 12.3. The number of fused-ring (bicyclic) bond motifs is 1. The highest BCUT2D eigenvalue weighted by atomic mass is 16.5. The van der Waals surface area contributed by atoms with E-state index in [1.807, 2.05) is 6.07 Å². The number of esters is 1. The van der Waals surface area contributed by atoms with Gasteiger partial charge in [0, 0.05) is 18.2 Å². The third-order valence-corrected chi connectivity index (χ3v) is 2.68. The maximum Gasteiger partial charge on any atom is 0.327 e. The van der Waals surface area contributed by atoms with Crippen LogP contribution in [0.4, 0.5) is 0 Å². The molecular formula is C12H15NO4. The fraction of sp³-hybridized carbons (Fsp3) is 0.417. The minimum Gasteiger partial charge on any atom is -0.497 e. The molecule has 1 aromatic carbocycles. The van der Waals surface area contributed by atoms with Crippen LogP contribution in [0.5, 0.6) is 11.5 Å². The van der Waals surface area contributed by atoms with Gasteiger partial charge in [-0.05, 0) is 12.1 Å². The molecule has 5 heteroatoms. The fourth-order valence-corrected chi connectivity index (χ4v) is 1.81. The number of carbonyl (C=O) groups excluding carboxylic acids is 1. The van der Waals surface area contributed by atoms with E-state index in [1.54, 1.807) is 19.2 Å². The van der Waals surface area contributed by atoms with Gasteiger partial charge in [0.25, 0.3) is 0 Å². The van der Waals surface area contributed by atoms with E-state index >= 15 is 0 Å². The predicted octanol–water partition coefficient (Wildman–Crippen LogP) is 0.891. The molecule has 17 heavy (non-hydrogen) atoms. The third-order valence-electron chi connectivity index (χ3n) is 2.68. The number of nitrogens with one attached hydrogen (secondary N) is 1. The number of carbonyl (C=O) groups is 1. The van der Waals surface area contributed by atoms with Crippen LogP contribution in [0, 0.1) is 0 Å². The van der Waals surface area contributed by atoms with Gasteiger partial charge in [-0.25, -0.2) is 4.79 Å². The topological polar surface area (TPSA) is 56.8 Å². The Balaban J connectivity index is 2.38. The average Bonchev–Trinajstić information content (AvgIpc) is 2.59. The summed E-state index contributed by atoms with van der Waals surface area (Å²) in [7, 11) is 2.97. The van der Waals surface area contributed by atoms with Crippen LogP contribution in [-0.4, -0.2) is 33.3 Å². The number of hydrogen-bond acceptors (Lipinski definition) is 5. The van der Waals surface area contributed by atoms with Crippen LogP contribution >= 0.6 is 0 Å². The first-order chi connectivity index (χ1) is 8.26. The van der Waals surface area contributed by atoms with Gasteiger partial charge in [0.05, 0.1) is 14.2 Å². The predicted molar refractivity (Wildman–Crippen MR) is 61.2 cm³/mol. The van der Waals surface area contributed by atoms with Crippen LogP contribution < -0.4 is 14.8 Å². The standard InChI is InChI=1S/C12H15NO4/c1-15-8-3-4-9-10(7-8)17-6-5-13-11(9)12(14)16-2/h3-4,7,11,13H,5-6H2,1-2H3/t11-/m1/s1. The van der Waals surface area contributed by atoms with Gasteiger partial charge in [-0.1, -0.05) is 0 Å². The van der Waals surface area contributed by atoms with E-state index < -0.39 is 6.04 Å². The molecule has 0 saturated heterocycles. The molecule has 0 amide bonds. The highest BCUT2D eigenvalue weighted by molar-refractivity contribution is 5.78. The summed E-state index contributed by atoms with van der Waals surface area (Å²) in [6, 6.07) is 4.90. The first kappa shape index (κ1) is 11.7. The Morgan fingerprint density at radius 3 is 3.00 bits per heavy atom. The Kier molecular flexibility index (Phi) is 3.49. The van der Waals surface area contributed by atoms with Crippen LogP contribution in [0.2, 0.25) is 0 Å². The molecule has 0 aliphatic carbocycles. The summed E-state index contributed by atoms with van der Waals surface area (Å²) < 4.78 is 15.5. The number of rotatable bonds is 2. The van der Waals surface area contributed by atoms with E-state index in [0.29, 0.717) is 24.7 Å². The van der Waals surface area contributed by atoms with Crippen molar-refractivity contribution in [1.29, 1.82) is 0 Å². The molecule has 0 bridgehead atoms. The Labute approximate surface area is 99.7 Å². The molecule has 0 unspecified atom stereocenters. The Bertz CT molecular complexity index is 419. The minimum absolute atomic E-state index is 0.318. The van der Waals surface area contributed by atoms with Gasteiger partial charge in [0.15, 0.2) is 0 Å². The van der Waals surface area contributed by atoms with E-state index in [-0.39, 0.29) is 5.97 Å². The molecule has 2 rings (SSSR count). The van der Waals surface area contributed by atoms with Crippen LogP contribution in [0.25, 0.3) is 0 Å². The molecule has 1 aliphatic heterocycles. The molecule has 0 fully saturated rings. The molecule has 1 aliphatic rings. The van der Waals surface area contributed by atoms with Gasteiger partial charge in [-0.2, -0.15) is 0 Å². The normalized spacial score (nSPS) is 18.6. The Morgan fingerprint density at radius 2 is 2.29 bits per heavy atom. The zero-order valence-electron chi connectivity index (χ0n) is 9.86. The summed E-state index contributed by atoms with van der Waals surface area (Å²) in [5.41, 5.74) is 0.773. The molecule has 92 valence electrons. The number of ether oxygens (including phenoxy) is 3. The van der Waals surface area contributed by atoms with E-state index in [1.165, 1.54) is 7.11 Å². The first-order valence-corrected chi connectivity index (χ1v) is 5.38. The molecular weight excluding hydrogens is 222 g/mol. The van der Waals surface area contributed by atoms with E-state index in [4.69, 9.17) is 14.2 Å². The Morgan fingerprint density at radius 1 is 1.47 bits per heavy atom. The van der Waals surface area contributed by atoms with Crippen molar-refractivity contribution in [3.05, 3.63) is 23.8 Å². The van der Waals surface area contributed by atoms with Crippen molar-refractivity contribution in [2.24, 2.45) is 0 Å². The second-order valence-corrected chi connectivity index (χ2v) is 3.66. The first-order valence-electron chi connectivity index (χ1n) is 5.38. The monoisotopic (exact) mass is 237 g/mol. The molecule has 0 spiro atoms. The molecule has 5 nitrogen and oxygen atoms in total. The molecule has 1 atom stereocenters. The summed E-state index contributed by atoms with van der Waals surface area (Å²) >= 11 is 0. The van der Waals surface area contributed by atoms with Crippen molar-refractivity contribution in [2.45, 2.75) is 6.04 Å². The van der Waals surface area contributed by atoms with Gasteiger partial charge in [0.1, 0.15) is 24.1 Å². The summed E-state index contributed by atoms with van der Waals surface area (Å²) in [6.45, 7) is 1.10. The number of hydrogen-bond donors (Lipinski definition) is 1. The highest BCUT2D eigenvalue weighted by Crippen LogP contribution is 2.31. The lowest BCUT2D eigenvalue weighted by Crippen LogP contribution is -2.30. The van der Waals surface area contributed by atoms with E-state index in [9.17, 15) is 4.79 Å². The zero-order valence-corrected chi connectivity index (χ0v) is 9.86. The molecule has 0 aromatic heterocycles. The molecule has 0 saturated carbocycles. The lowest BCUT2D eigenvalue weighted by Gasteiger charge is -2.15. The summed E-state index contributed by atoms with van der Waals surface area (Å²) in [6.07, 6.45) is 0. The number of methoxy groups -OCH3 is 2. The van der Waals surface area contributed by atoms with E-state index in [0.717, 1.165) is 5.56 Å². The van der Waals surface area contributed by atoms with Crippen molar-refractivity contribution in [3.63, 3.8) is 0 Å². The molecule has 0 radical (unpaired) electrons. The number of benzene rings is 1. The smallest absolute Gasteiger partial charge is 0.327 e. The van der Waals surface area contributed by atoms with Crippen molar-refractivity contribution in [3.8, 4) is 11.5 Å². The average molecular weight is 237 g/mol. The van der Waals surface area contributed by atoms with Crippen LogP contribution in [0.15, 0.2) is 18.2 Å². The van der Waals surface area contributed by atoms with Crippen molar-refractivity contribution in [2.75, 3.05) is 27.4 Å². The van der Waals surface area contributed by atoms with E-state index in [2.05, 4.69) is 5.32 Å². The van der Waals surface area contributed by atoms with Gasteiger partial charge >= 0.3 is 5.97 Å². The lowest BCUT2D eigenvalue weighted by molar-refractivity contribution is -0.143. The van der Waals surface area contributed by atoms with Crippen LogP contribution in [0.3, 0.4) is 0 Å². The highest BCUT2D eigenvalue weighted by Gasteiger charge is 2.26. The molecule has 1 heterocycles. The van der Waals surface area contributed by atoms with Gasteiger partial charge in [-0.3, -0.25) is 5.32 Å². The minimum atomic E-state index is -0.483. The molecule has 1 aromatic rings. The molecule has 1 N–H and O–H groups in total. The maximum atomic E-state index is 11.7. The van der Waals surface area contributed by atoms with Crippen molar-refractivity contribution >= 4 is 5.97 Å². The summed E-state index contributed by atoms with van der Waals surface area (Å²) in [5, 5.41) is 3.09. The summed E-state index contributed by atoms with van der Waals surface area (Å²) in [4.78, 5) is 11.7. The maximum absolute atomic E-state index is 11.7. The Hall–Kier alpha value is -1.75.